The van der Waals surface area contributed by atoms with Crippen molar-refractivity contribution in [2.45, 2.75) is 77.5 Å². The number of rotatable bonds is 13. The summed E-state index contributed by atoms with van der Waals surface area (Å²) in [5.41, 5.74) is 0. The van der Waals surface area contributed by atoms with E-state index in [4.69, 9.17) is 0 Å². The first kappa shape index (κ1) is 27.2. The maximum atomic E-state index is 13.0. The molecule has 5 N–H and O–H groups in total. The molecule has 1 rings (SSSR count). The van der Waals surface area contributed by atoms with Crippen LogP contribution >= 0.6 is 11.8 Å². The van der Waals surface area contributed by atoms with Gasteiger partial charge in [-0.2, -0.15) is 11.8 Å². The van der Waals surface area contributed by atoms with Crippen LogP contribution in [0.15, 0.2) is 0 Å². The molecule has 4 unspecified atom stereocenters. The smallest absolute Gasteiger partial charge is 0.326 e. The number of nitrogens with one attached hydrogen (secondary N) is 4. The van der Waals surface area contributed by atoms with Crippen molar-refractivity contribution in [3.63, 3.8) is 0 Å². The molecule has 1 saturated heterocycles. The van der Waals surface area contributed by atoms with Crippen molar-refractivity contribution in [1.82, 2.24) is 21.3 Å². The molecule has 0 radical (unpaired) electrons. The zero-order valence-corrected chi connectivity index (χ0v) is 20.0. The number of aliphatic carboxylic acids is 1. The molecule has 10 heteroatoms. The van der Waals surface area contributed by atoms with Gasteiger partial charge in [-0.15, -0.1) is 0 Å². The minimum atomic E-state index is -1.12. The second kappa shape index (κ2) is 13.6. The Kier molecular flexibility index (Phi) is 11.9. The first-order valence-corrected chi connectivity index (χ1v) is 12.3. The van der Waals surface area contributed by atoms with Gasteiger partial charge in [0.15, 0.2) is 0 Å². The van der Waals surface area contributed by atoms with Crippen LogP contribution in [-0.4, -0.2) is 71.5 Å². The fourth-order valence-electron chi connectivity index (χ4n) is 3.43. The van der Waals surface area contributed by atoms with E-state index in [2.05, 4.69) is 21.3 Å². The molecule has 1 aliphatic rings. The van der Waals surface area contributed by atoms with Crippen molar-refractivity contribution < 1.29 is 24.3 Å². The highest BCUT2D eigenvalue weighted by molar-refractivity contribution is 7.98. The molecular weight excluding hydrogens is 420 g/mol. The Morgan fingerprint density at radius 3 is 2.16 bits per heavy atom. The highest BCUT2D eigenvalue weighted by Gasteiger charge is 2.32. The first-order chi connectivity index (χ1) is 14.6. The van der Waals surface area contributed by atoms with Crippen LogP contribution in [0.25, 0.3) is 0 Å². The zero-order valence-electron chi connectivity index (χ0n) is 19.2. The molecular formula is C21H38N4O5S. The molecule has 1 heterocycles. The average Bonchev–Trinajstić information content (AvgIpc) is 3.22. The molecule has 1 fully saturated rings. The lowest BCUT2D eigenvalue weighted by Crippen LogP contribution is -2.57. The summed E-state index contributed by atoms with van der Waals surface area (Å²) in [7, 11) is 0. The second-order valence-electron chi connectivity index (χ2n) is 8.75. The molecule has 0 aliphatic carbocycles. The number of carbonyl (C=O) groups excluding carboxylic acids is 3. The molecule has 1 aliphatic heterocycles. The summed E-state index contributed by atoms with van der Waals surface area (Å²) < 4.78 is 0. The summed E-state index contributed by atoms with van der Waals surface area (Å²) in [5.74, 6) is -1.83. The highest BCUT2D eigenvalue weighted by atomic mass is 32.2. The van der Waals surface area contributed by atoms with E-state index in [9.17, 15) is 24.3 Å². The topological polar surface area (TPSA) is 137 Å². The Balaban J connectivity index is 2.89. The van der Waals surface area contributed by atoms with Gasteiger partial charge in [0, 0.05) is 0 Å². The van der Waals surface area contributed by atoms with Gasteiger partial charge in [-0.1, -0.05) is 27.7 Å². The fourth-order valence-corrected chi connectivity index (χ4v) is 3.90. The number of carboxylic acids is 1. The molecule has 4 atom stereocenters. The normalized spacial score (nSPS) is 19.0. The molecule has 0 saturated carbocycles. The lowest BCUT2D eigenvalue weighted by atomic mass is 10.00. The fraction of sp³-hybridized carbons (Fsp3) is 0.810. The molecule has 0 bridgehead atoms. The molecule has 0 aromatic heterocycles. The Hall–Kier alpha value is -1.81. The van der Waals surface area contributed by atoms with Crippen LogP contribution in [0.2, 0.25) is 0 Å². The van der Waals surface area contributed by atoms with Crippen LogP contribution in [-0.2, 0) is 19.2 Å². The van der Waals surface area contributed by atoms with Crippen LogP contribution in [0.3, 0.4) is 0 Å². The number of thioether (sulfide) groups is 1. The first-order valence-electron chi connectivity index (χ1n) is 10.9. The monoisotopic (exact) mass is 458 g/mol. The molecule has 31 heavy (non-hydrogen) atoms. The number of hydrogen-bond acceptors (Lipinski definition) is 6. The van der Waals surface area contributed by atoms with E-state index in [1.165, 1.54) is 0 Å². The third kappa shape index (κ3) is 9.47. The van der Waals surface area contributed by atoms with Gasteiger partial charge >= 0.3 is 5.97 Å². The Bertz CT molecular complexity index is 623. The van der Waals surface area contributed by atoms with Gasteiger partial charge in [0.1, 0.15) is 18.1 Å². The standard InChI is InChI=1S/C21H38N4O5S/c1-12(2)11-16(20(28)25-17(13(3)4)21(29)30)24-19(27)15(8-10-31-5)23-18(26)14-7-6-9-22-14/h12-17,22H,6-11H2,1-5H3,(H,23,26)(H,24,27)(H,25,28)(H,29,30). The number of hydrogen-bond donors (Lipinski definition) is 5. The van der Waals surface area contributed by atoms with Crippen molar-refractivity contribution in [2.75, 3.05) is 18.6 Å². The summed E-state index contributed by atoms with van der Waals surface area (Å²) in [4.78, 5) is 49.8. The maximum Gasteiger partial charge on any atom is 0.326 e. The molecule has 9 nitrogen and oxygen atoms in total. The third-order valence-corrected chi connectivity index (χ3v) is 5.83. The van der Waals surface area contributed by atoms with Crippen LogP contribution < -0.4 is 21.3 Å². The van der Waals surface area contributed by atoms with Gasteiger partial charge in [0.05, 0.1) is 6.04 Å². The van der Waals surface area contributed by atoms with Crippen LogP contribution in [0.4, 0.5) is 0 Å². The van der Waals surface area contributed by atoms with Gasteiger partial charge in [-0.25, -0.2) is 4.79 Å². The largest absolute Gasteiger partial charge is 0.480 e. The molecule has 178 valence electrons. The van der Waals surface area contributed by atoms with E-state index < -0.39 is 35.9 Å². The van der Waals surface area contributed by atoms with Crippen molar-refractivity contribution in [3.05, 3.63) is 0 Å². The third-order valence-electron chi connectivity index (χ3n) is 5.19. The van der Waals surface area contributed by atoms with E-state index in [1.54, 1.807) is 25.6 Å². The molecule has 0 spiro atoms. The number of carboxylic acid groups (broad SMARTS) is 1. The van der Waals surface area contributed by atoms with Gasteiger partial charge < -0.3 is 26.4 Å². The van der Waals surface area contributed by atoms with Gasteiger partial charge in [-0.3, -0.25) is 14.4 Å². The lowest BCUT2D eigenvalue weighted by Gasteiger charge is -2.27. The van der Waals surface area contributed by atoms with Gasteiger partial charge in [0.2, 0.25) is 17.7 Å². The predicted octanol–water partition coefficient (Wildman–Crippen LogP) is 0.733. The number of carbonyl (C=O) groups is 4. The van der Waals surface area contributed by atoms with Crippen LogP contribution in [0.1, 0.15) is 53.4 Å². The van der Waals surface area contributed by atoms with Crippen molar-refractivity contribution in [1.29, 1.82) is 0 Å². The summed E-state index contributed by atoms with van der Waals surface area (Å²) in [5, 5.41) is 20.6. The molecule has 0 aromatic carbocycles. The van der Waals surface area contributed by atoms with E-state index in [0.29, 0.717) is 18.6 Å². The van der Waals surface area contributed by atoms with E-state index in [-0.39, 0.29) is 23.8 Å². The zero-order chi connectivity index (χ0) is 23.6. The quantitative estimate of drug-likeness (QED) is 0.274. The Labute approximate surface area is 189 Å². The SMILES string of the molecule is CSCCC(NC(=O)C1CCCN1)C(=O)NC(CC(C)C)C(=O)NC(C(=O)O)C(C)C. The summed E-state index contributed by atoms with van der Waals surface area (Å²) in [6.45, 7) is 8.03. The van der Waals surface area contributed by atoms with Gasteiger partial charge in [-0.05, 0) is 56.1 Å². The summed E-state index contributed by atoms with van der Waals surface area (Å²) in [6.07, 6.45) is 4.35. The van der Waals surface area contributed by atoms with E-state index >= 15 is 0 Å². The molecule has 0 aromatic rings. The van der Waals surface area contributed by atoms with Crippen molar-refractivity contribution >= 4 is 35.5 Å². The Morgan fingerprint density at radius 2 is 1.68 bits per heavy atom. The van der Waals surface area contributed by atoms with E-state index in [0.717, 1.165) is 19.4 Å². The maximum absolute atomic E-state index is 13.0. The highest BCUT2D eigenvalue weighted by Crippen LogP contribution is 2.10. The predicted molar refractivity (Wildman–Crippen MR) is 122 cm³/mol. The average molecular weight is 459 g/mol. The summed E-state index contributed by atoms with van der Waals surface area (Å²) >= 11 is 1.57. The van der Waals surface area contributed by atoms with Crippen LogP contribution in [0, 0.1) is 11.8 Å². The lowest BCUT2D eigenvalue weighted by molar-refractivity contribution is -0.143. The minimum Gasteiger partial charge on any atom is -0.480 e. The number of amides is 3. The van der Waals surface area contributed by atoms with Crippen LogP contribution in [0.5, 0.6) is 0 Å². The Morgan fingerprint density at radius 1 is 1.03 bits per heavy atom. The summed E-state index contributed by atoms with van der Waals surface area (Å²) in [6, 6.07) is -2.99. The second-order valence-corrected chi connectivity index (χ2v) is 9.74. The van der Waals surface area contributed by atoms with Gasteiger partial charge in [0.25, 0.3) is 0 Å². The molecule has 3 amide bonds. The minimum absolute atomic E-state index is 0.0975. The van der Waals surface area contributed by atoms with E-state index in [1.807, 2.05) is 20.1 Å². The van der Waals surface area contributed by atoms with Crippen molar-refractivity contribution in [3.8, 4) is 0 Å². The van der Waals surface area contributed by atoms with Crippen molar-refractivity contribution in [2.24, 2.45) is 11.8 Å².